The van der Waals surface area contributed by atoms with Gasteiger partial charge in [-0.3, -0.25) is 19.1 Å². The summed E-state index contributed by atoms with van der Waals surface area (Å²) in [7, 11) is 0. The molecule has 0 aliphatic carbocycles. The Bertz CT molecular complexity index is 1030. The molecule has 3 rings (SSSR count). The molecule has 1 aliphatic rings. The lowest BCUT2D eigenvalue weighted by atomic mass is 9.79. The van der Waals surface area contributed by atoms with Crippen LogP contribution in [0.4, 0.5) is 0 Å². The molecule has 0 bridgehead atoms. The number of nitrogens with one attached hydrogen (secondary N) is 1. The predicted molar refractivity (Wildman–Crippen MR) is 109 cm³/mol. The summed E-state index contributed by atoms with van der Waals surface area (Å²) in [6.45, 7) is 11.2. The molecule has 8 nitrogen and oxygen atoms in total. The van der Waals surface area contributed by atoms with E-state index in [0.29, 0.717) is 37.3 Å². The first kappa shape index (κ1) is 20.3. The van der Waals surface area contributed by atoms with Crippen molar-refractivity contribution < 1.29 is 4.79 Å². The predicted octanol–water partition coefficient (Wildman–Crippen LogP) is 1.43. The fourth-order valence-electron chi connectivity index (χ4n) is 3.77. The quantitative estimate of drug-likeness (QED) is 0.827. The lowest BCUT2D eigenvalue weighted by Gasteiger charge is -2.42. The summed E-state index contributed by atoms with van der Waals surface area (Å²) in [6.07, 6.45) is 0.703. The van der Waals surface area contributed by atoms with Crippen molar-refractivity contribution in [2.75, 3.05) is 13.1 Å². The number of piperidine rings is 1. The van der Waals surface area contributed by atoms with Crippen LogP contribution in [0.5, 0.6) is 0 Å². The Kier molecular flexibility index (Phi) is 5.18. The smallest absolute Gasteiger partial charge is 0.329 e. The van der Waals surface area contributed by atoms with E-state index in [1.807, 2.05) is 27.7 Å². The number of hydrogen-bond donors (Lipinski definition) is 2. The summed E-state index contributed by atoms with van der Waals surface area (Å²) in [5.74, 6) is -0.178. The Balaban J connectivity index is 2.24. The molecule has 2 aromatic rings. The minimum Gasteiger partial charge on any atom is -0.338 e. The number of aromatic nitrogens is 3. The van der Waals surface area contributed by atoms with Gasteiger partial charge in [-0.05, 0) is 30.7 Å². The van der Waals surface area contributed by atoms with Gasteiger partial charge in [-0.25, -0.2) is 9.78 Å². The average Bonchev–Trinajstić information content (AvgIpc) is 2.62. The second-order valence-electron chi connectivity index (χ2n) is 8.56. The Morgan fingerprint density at radius 2 is 2.07 bits per heavy atom. The van der Waals surface area contributed by atoms with Gasteiger partial charge in [-0.1, -0.05) is 27.7 Å². The van der Waals surface area contributed by atoms with Crippen LogP contribution < -0.4 is 17.0 Å². The molecule has 1 fully saturated rings. The van der Waals surface area contributed by atoms with Crippen molar-refractivity contribution >= 4 is 16.9 Å². The topological polar surface area (TPSA) is 114 Å². The highest BCUT2D eigenvalue weighted by Gasteiger charge is 2.36. The summed E-state index contributed by atoms with van der Waals surface area (Å²) in [4.78, 5) is 46.9. The summed E-state index contributed by atoms with van der Waals surface area (Å²) in [5, 5.41) is 0.170. The first-order valence-corrected chi connectivity index (χ1v) is 9.79. The van der Waals surface area contributed by atoms with E-state index in [1.165, 1.54) is 4.57 Å². The molecule has 1 unspecified atom stereocenters. The average molecular weight is 387 g/mol. The normalized spacial score (nSPS) is 19.4. The number of nitrogens with zero attached hydrogens (tertiary/aromatic N) is 3. The molecule has 8 heteroatoms. The number of aryl methyl sites for hydroxylation is 1. The van der Waals surface area contributed by atoms with E-state index in [9.17, 15) is 14.4 Å². The zero-order valence-corrected chi connectivity index (χ0v) is 17.2. The summed E-state index contributed by atoms with van der Waals surface area (Å²) in [6, 6.07) is 1.71. The molecule has 0 radical (unpaired) electrons. The van der Waals surface area contributed by atoms with Crippen LogP contribution >= 0.6 is 0 Å². The van der Waals surface area contributed by atoms with Gasteiger partial charge in [0.1, 0.15) is 0 Å². The SMILES string of the molecule is CCn1c(=O)[nH]c(=O)c2c(C(=O)N3CCC(N)C(C)(C)C3)cc(C(C)C)nc21. The Morgan fingerprint density at radius 1 is 1.39 bits per heavy atom. The fraction of sp³-hybridized carbons (Fsp3) is 0.600. The van der Waals surface area contributed by atoms with E-state index in [-0.39, 0.29) is 34.3 Å². The van der Waals surface area contributed by atoms with Crippen LogP contribution in [0.1, 0.15) is 63.0 Å². The number of hydrogen-bond acceptors (Lipinski definition) is 5. The number of carbonyl (C=O) groups excluding carboxylic acids is 1. The van der Waals surface area contributed by atoms with E-state index in [4.69, 9.17) is 5.73 Å². The van der Waals surface area contributed by atoms with Crippen molar-refractivity contribution in [3.63, 3.8) is 0 Å². The molecule has 0 aromatic carbocycles. The summed E-state index contributed by atoms with van der Waals surface area (Å²) >= 11 is 0. The van der Waals surface area contributed by atoms with Gasteiger partial charge in [-0.15, -0.1) is 0 Å². The number of amides is 1. The number of aromatic amines is 1. The maximum absolute atomic E-state index is 13.4. The van der Waals surface area contributed by atoms with E-state index in [0.717, 1.165) is 0 Å². The zero-order valence-electron chi connectivity index (χ0n) is 17.2. The van der Waals surface area contributed by atoms with Crippen molar-refractivity contribution in [1.82, 2.24) is 19.4 Å². The number of pyridine rings is 1. The highest BCUT2D eigenvalue weighted by molar-refractivity contribution is 6.05. The molecule has 3 N–H and O–H groups in total. The highest BCUT2D eigenvalue weighted by atomic mass is 16.2. The molecule has 1 amide bonds. The molecule has 152 valence electrons. The van der Waals surface area contributed by atoms with Gasteiger partial charge in [0.15, 0.2) is 5.65 Å². The van der Waals surface area contributed by atoms with Crippen LogP contribution in [0.2, 0.25) is 0 Å². The van der Waals surface area contributed by atoms with Crippen molar-refractivity contribution in [3.8, 4) is 0 Å². The Hall–Kier alpha value is -2.48. The summed E-state index contributed by atoms with van der Waals surface area (Å²) < 4.78 is 1.40. The van der Waals surface area contributed by atoms with Gasteiger partial charge in [-0.2, -0.15) is 0 Å². The van der Waals surface area contributed by atoms with E-state index in [1.54, 1.807) is 17.9 Å². The van der Waals surface area contributed by atoms with E-state index in [2.05, 4.69) is 9.97 Å². The van der Waals surface area contributed by atoms with Crippen LogP contribution in [0.15, 0.2) is 15.7 Å². The molecular weight excluding hydrogens is 358 g/mol. The molecule has 0 saturated carbocycles. The minimum absolute atomic E-state index is 0.0191. The van der Waals surface area contributed by atoms with Crippen LogP contribution in [-0.4, -0.2) is 44.5 Å². The molecule has 1 atom stereocenters. The molecule has 1 saturated heterocycles. The molecule has 2 aromatic heterocycles. The third-order valence-corrected chi connectivity index (χ3v) is 5.71. The minimum atomic E-state index is -0.580. The number of nitrogens with two attached hydrogens (primary N) is 1. The monoisotopic (exact) mass is 387 g/mol. The number of likely N-dealkylation sites (tertiary alicyclic amines) is 1. The maximum Gasteiger partial charge on any atom is 0.329 e. The molecular formula is C20H29N5O3. The van der Waals surface area contributed by atoms with Gasteiger partial charge >= 0.3 is 5.69 Å². The lowest BCUT2D eigenvalue weighted by Crippen LogP contribution is -2.54. The number of fused-ring (bicyclic) bond motifs is 1. The summed E-state index contributed by atoms with van der Waals surface area (Å²) in [5.41, 5.74) is 6.13. The highest BCUT2D eigenvalue weighted by Crippen LogP contribution is 2.29. The van der Waals surface area contributed by atoms with Gasteiger partial charge in [0.25, 0.3) is 11.5 Å². The molecule has 28 heavy (non-hydrogen) atoms. The van der Waals surface area contributed by atoms with Crippen LogP contribution in [0.3, 0.4) is 0 Å². The molecule has 0 spiro atoms. The van der Waals surface area contributed by atoms with Crippen LogP contribution in [-0.2, 0) is 6.54 Å². The van der Waals surface area contributed by atoms with Crippen molar-refractivity contribution in [2.45, 2.75) is 59.5 Å². The van der Waals surface area contributed by atoms with Crippen LogP contribution in [0, 0.1) is 5.41 Å². The lowest BCUT2D eigenvalue weighted by molar-refractivity contribution is 0.0534. The van der Waals surface area contributed by atoms with Gasteiger partial charge in [0, 0.05) is 31.4 Å². The van der Waals surface area contributed by atoms with Gasteiger partial charge < -0.3 is 10.6 Å². The standard InChI is InChI=1S/C20H29N5O3/c1-6-25-16-15(17(26)23-19(25)28)12(9-13(22-16)11(2)3)18(27)24-8-7-14(21)20(4,5)10-24/h9,11,14H,6-8,10,21H2,1-5H3,(H,23,26,28). The second kappa shape index (κ2) is 7.16. The van der Waals surface area contributed by atoms with Crippen molar-refractivity contribution in [1.29, 1.82) is 0 Å². The van der Waals surface area contributed by atoms with Gasteiger partial charge in [0.05, 0.1) is 10.9 Å². The second-order valence-corrected chi connectivity index (χ2v) is 8.56. The fourth-order valence-corrected chi connectivity index (χ4v) is 3.77. The molecule has 3 heterocycles. The maximum atomic E-state index is 13.4. The van der Waals surface area contributed by atoms with Crippen LogP contribution in [0.25, 0.3) is 11.0 Å². The first-order valence-electron chi connectivity index (χ1n) is 9.79. The van der Waals surface area contributed by atoms with Crippen molar-refractivity contribution in [3.05, 3.63) is 38.2 Å². The first-order chi connectivity index (χ1) is 13.1. The molecule has 1 aliphatic heterocycles. The van der Waals surface area contributed by atoms with Crippen molar-refractivity contribution in [2.24, 2.45) is 11.1 Å². The Morgan fingerprint density at radius 3 is 2.64 bits per heavy atom. The largest absolute Gasteiger partial charge is 0.338 e. The Labute approximate surface area is 163 Å². The van der Waals surface area contributed by atoms with Gasteiger partial charge in [0.2, 0.25) is 0 Å². The number of rotatable bonds is 3. The third-order valence-electron chi connectivity index (χ3n) is 5.71. The number of H-pyrrole nitrogens is 1. The number of carbonyl (C=O) groups is 1. The van der Waals surface area contributed by atoms with E-state index >= 15 is 0 Å². The third kappa shape index (κ3) is 3.37. The van der Waals surface area contributed by atoms with E-state index < -0.39 is 11.2 Å². The zero-order chi connectivity index (χ0) is 20.8.